The van der Waals surface area contributed by atoms with Crippen LogP contribution >= 0.6 is 12.4 Å². The monoisotopic (exact) mass is 481 g/mol. The molecule has 176 valence electrons. The summed E-state index contributed by atoms with van der Waals surface area (Å²) < 4.78 is 5.94. The molecule has 2 aromatic carbocycles. The predicted molar refractivity (Wildman–Crippen MR) is 129 cm³/mol. The summed E-state index contributed by atoms with van der Waals surface area (Å²) in [5.74, 6) is -0.358. The fraction of sp³-hybridized carbons (Fsp3) is 0.273. The number of carbonyl (C=O) groups is 1. The first-order valence-corrected chi connectivity index (χ1v) is 10.7. The topological polar surface area (TPSA) is 140 Å². The molecule has 0 spiro atoms. The number of nitrogen functional groups attached to an aromatic ring is 1. The van der Waals surface area contributed by atoms with E-state index in [0.717, 1.165) is 42.3 Å². The minimum Gasteiger partial charge on any atom is -0.378 e. The van der Waals surface area contributed by atoms with Crippen molar-refractivity contribution in [3.05, 3.63) is 59.4 Å². The number of amides is 1. The number of nitrogens with one attached hydrogen (secondary N) is 1. The molecule has 1 aliphatic heterocycles. The zero-order valence-corrected chi connectivity index (χ0v) is 19.3. The van der Waals surface area contributed by atoms with Gasteiger partial charge in [0.1, 0.15) is 5.69 Å². The van der Waals surface area contributed by atoms with E-state index in [2.05, 4.69) is 36.1 Å². The summed E-state index contributed by atoms with van der Waals surface area (Å²) in [5.41, 5.74) is 10.8. The average molecular weight is 482 g/mol. The van der Waals surface area contributed by atoms with Crippen molar-refractivity contribution in [3.63, 3.8) is 0 Å². The molecule has 3 N–H and O–H groups in total. The number of hydrazone groups is 1. The van der Waals surface area contributed by atoms with Crippen molar-refractivity contribution >= 4 is 40.6 Å². The highest BCUT2D eigenvalue weighted by Crippen LogP contribution is 2.20. The van der Waals surface area contributed by atoms with Crippen LogP contribution in [0.2, 0.25) is 0 Å². The summed E-state index contributed by atoms with van der Waals surface area (Å²) in [6.45, 7) is 4.22. The van der Waals surface area contributed by atoms with Crippen LogP contribution < -0.4 is 11.2 Å². The number of likely N-dealkylation sites (tertiary alicyclic amines) is 1. The lowest BCUT2D eigenvalue weighted by molar-refractivity contribution is 0.0945. The van der Waals surface area contributed by atoms with Crippen molar-refractivity contribution in [1.82, 2.24) is 35.6 Å². The molecule has 34 heavy (non-hydrogen) atoms. The van der Waals surface area contributed by atoms with Crippen molar-refractivity contribution in [1.29, 1.82) is 0 Å². The Balaban J connectivity index is 0.00000274. The maximum absolute atomic E-state index is 13.3. The Bertz CT molecular complexity index is 1340. The Hall–Kier alpha value is -3.83. The lowest BCUT2D eigenvalue weighted by Gasteiger charge is -2.13. The predicted octanol–water partition coefficient (Wildman–Crippen LogP) is 2.56. The van der Waals surface area contributed by atoms with Crippen molar-refractivity contribution < 1.29 is 9.42 Å². The van der Waals surface area contributed by atoms with Crippen LogP contribution in [-0.2, 0) is 6.54 Å². The van der Waals surface area contributed by atoms with E-state index in [9.17, 15) is 4.79 Å². The molecule has 0 bridgehead atoms. The second-order valence-corrected chi connectivity index (χ2v) is 7.92. The fourth-order valence-corrected chi connectivity index (χ4v) is 4.07. The number of halogens is 1. The van der Waals surface area contributed by atoms with Gasteiger partial charge >= 0.3 is 0 Å². The van der Waals surface area contributed by atoms with Gasteiger partial charge in [0, 0.05) is 12.1 Å². The van der Waals surface area contributed by atoms with Gasteiger partial charge in [-0.1, -0.05) is 47.7 Å². The van der Waals surface area contributed by atoms with Gasteiger partial charge in [-0.25, -0.2) is 10.1 Å². The number of fused-ring (bicyclic) bond motifs is 1. The van der Waals surface area contributed by atoms with Gasteiger partial charge in [0.05, 0.1) is 5.71 Å². The molecule has 11 nitrogen and oxygen atoms in total. The van der Waals surface area contributed by atoms with Crippen LogP contribution in [0.25, 0.3) is 16.6 Å². The number of aromatic nitrogens is 5. The Morgan fingerprint density at radius 1 is 1.15 bits per heavy atom. The van der Waals surface area contributed by atoms with Gasteiger partial charge < -0.3 is 5.73 Å². The highest BCUT2D eigenvalue weighted by molar-refractivity contribution is 6.10. The zero-order valence-electron chi connectivity index (χ0n) is 18.5. The van der Waals surface area contributed by atoms with Gasteiger partial charge in [0.25, 0.3) is 5.91 Å². The largest absolute Gasteiger partial charge is 0.378 e. The van der Waals surface area contributed by atoms with Crippen LogP contribution in [0.5, 0.6) is 0 Å². The standard InChI is InChI=1S/C22H23N9O2.ClH/c1-14(16-10-6-8-15-7-2-3-9-17(15)16)24-26-22(32)19-18(13-30-11-4-5-12-30)25-29-31(19)21-20(23)27-33-28-21;/h2-3,6-10H,4-5,11-13H2,1H3,(H2,23,27)(H,26,32);1H/b24-14+;. The third kappa shape index (κ3) is 4.47. The third-order valence-electron chi connectivity index (χ3n) is 5.73. The summed E-state index contributed by atoms with van der Waals surface area (Å²) in [7, 11) is 0. The molecule has 5 rings (SSSR count). The lowest BCUT2D eigenvalue weighted by Crippen LogP contribution is -2.26. The molecule has 0 saturated carbocycles. The third-order valence-corrected chi connectivity index (χ3v) is 5.73. The van der Waals surface area contributed by atoms with Crippen LogP contribution in [0.1, 0.15) is 41.5 Å². The van der Waals surface area contributed by atoms with E-state index in [1.165, 1.54) is 4.68 Å². The Labute approximate surface area is 201 Å². The maximum atomic E-state index is 13.3. The van der Waals surface area contributed by atoms with E-state index < -0.39 is 5.91 Å². The van der Waals surface area contributed by atoms with Gasteiger partial charge in [-0.05, 0) is 53.9 Å². The number of nitrogens with two attached hydrogens (primary N) is 1. The van der Waals surface area contributed by atoms with Crippen molar-refractivity contribution in [2.24, 2.45) is 5.10 Å². The summed E-state index contributed by atoms with van der Waals surface area (Å²) >= 11 is 0. The smallest absolute Gasteiger partial charge is 0.292 e. The van der Waals surface area contributed by atoms with Crippen molar-refractivity contribution in [2.45, 2.75) is 26.3 Å². The molecule has 0 aliphatic carbocycles. The molecular weight excluding hydrogens is 458 g/mol. The quantitative estimate of drug-likeness (QED) is 0.316. The van der Waals surface area contributed by atoms with Crippen LogP contribution in [0.15, 0.2) is 52.2 Å². The molecule has 4 aromatic rings. The maximum Gasteiger partial charge on any atom is 0.292 e. The second-order valence-electron chi connectivity index (χ2n) is 7.92. The number of hydrogen-bond acceptors (Lipinski definition) is 9. The van der Waals surface area contributed by atoms with Crippen molar-refractivity contribution in [3.8, 4) is 5.82 Å². The lowest BCUT2D eigenvalue weighted by atomic mass is 10.0. The molecule has 1 aliphatic rings. The van der Waals surface area contributed by atoms with E-state index >= 15 is 0 Å². The van der Waals surface area contributed by atoms with E-state index in [1.807, 2.05) is 49.4 Å². The second kappa shape index (κ2) is 9.98. The summed E-state index contributed by atoms with van der Waals surface area (Å²) in [6.07, 6.45) is 2.23. The first-order chi connectivity index (χ1) is 16.1. The van der Waals surface area contributed by atoms with Crippen LogP contribution in [0, 0.1) is 0 Å². The van der Waals surface area contributed by atoms with Crippen molar-refractivity contribution in [2.75, 3.05) is 18.8 Å². The SMILES string of the molecule is C/C(=N\NC(=O)c1c(CN2CCCC2)nnn1-c1nonc1N)c1cccc2ccccc12.Cl. The molecule has 1 fully saturated rings. The summed E-state index contributed by atoms with van der Waals surface area (Å²) in [6, 6.07) is 14.0. The summed E-state index contributed by atoms with van der Waals surface area (Å²) in [4.78, 5) is 15.5. The molecule has 0 radical (unpaired) electrons. The first kappa shape index (κ1) is 23.3. The van der Waals surface area contributed by atoms with Crippen LogP contribution in [0.4, 0.5) is 5.82 Å². The van der Waals surface area contributed by atoms with Gasteiger partial charge in [0.15, 0.2) is 5.69 Å². The number of anilines is 1. The van der Waals surface area contributed by atoms with Gasteiger partial charge in [-0.3, -0.25) is 9.69 Å². The molecule has 2 aromatic heterocycles. The fourth-order valence-electron chi connectivity index (χ4n) is 4.07. The Morgan fingerprint density at radius 3 is 2.68 bits per heavy atom. The minimum atomic E-state index is -0.476. The number of rotatable bonds is 6. The molecule has 12 heteroatoms. The van der Waals surface area contributed by atoms with E-state index in [0.29, 0.717) is 18.0 Å². The number of benzene rings is 2. The highest BCUT2D eigenvalue weighted by Gasteiger charge is 2.27. The Kier molecular flexibility index (Phi) is 6.85. The van der Waals surface area contributed by atoms with Crippen LogP contribution in [-0.4, -0.2) is 54.9 Å². The zero-order chi connectivity index (χ0) is 22.8. The molecule has 1 saturated heterocycles. The normalized spacial score (nSPS) is 14.3. The number of carbonyl (C=O) groups excluding carboxylic acids is 1. The van der Waals surface area contributed by atoms with E-state index in [-0.39, 0.29) is 29.7 Å². The molecule has 0 atom stereocenters. The molecule has 0 unspecified atom stereocenters. The number of nitrogens with zero attached hydrogens (tertiary/aromatic N) is 7. The van der Waals surface area contributed by atoms with E-state index in [1.54, 1.807) is 0 Å². The van der Waals surface area contributed by atoms with E-state index in [4.69, 9.17) is 10.4 Å². The van der Waals surface area contributed by atoms with Gasteiger partial charge in [0.2, 0.25) is 11.6 Å². The van der Waals surface area contributed by atoms with Crippen LogP contribution in [0.3, 0.4) is 0 Å². The molecule has 1 amide bonds. The Morgan fingerprint density at radius 2 is 1.91 bits per heavy atom. The van der Waals surface area contributed by atoms with Gasteiger partial charge in [-0.2, -0.15) is 9.78 Å². The highest BCUT2D eigenvalue weighted by atomic mass is 35.5. The average Bonchev–Trinajstić information content (AvgIpc) is 3.58. The van der Waals surface area contributed by atoms with Gasteiger partial charge in [-0.15, -0.1) is 17.5 Å². The molecular formula is C22H24ClN9O2. The summed E-state index contributed by atoms with van der Waals surface area (Å²) in [5, 5.41) is 22.2. The number of hydrogen-bond donors (Lipinski definition) is 2. The minimum absolute atomic E-state index is 0. The first-order valence-electron chi connectivity index (χ1n) is 10.7. The molecule has 3 heterocycles.